The van der Waals surface area contributed by atoms with Gasteiger partial charge in [-0.25, -0.2) is 0 Å². The van der Waals surface area contributed by atoms with Crippen LogP contribution in [0.1, 0.15) is 158 Å². The summed E-state index contributed by atoms with van der Waals surface area (Å²) in [4.78, 5) is 0. The van der Waals surface area contributed by atoms with Gasteiger partial charge in [-0.2, -0.15) is 49.1 Å². The minimum Gasteiger partial charge on any atom is -0.661 e. The fourth-order valence-electron chi connectivity index (χ4n) is 11.7. The van der Waals surface area contributed by atoms with Crippen molar-refractivity contribution in [1.29, 1.82) is 0 Å². The molecule has 3 heterocycles. The number of hydrogen-bond donors (Lipinski definition) is 0. The fraction of sp³-hybridized carbons (Fsp3) is 0.800. The van der Waals surface area contributed by atoms with E-state index in [0.717, 1.165) is 73.6 Å². The molecule has 2 saturated heterocycles. The first-order chi connectivity index (χ1) is 23.8. The van der Waals surface area contributed by atoms with Crippen LogP contribution in [0.4, 0.5) is 0 Å². The summed E-state index contributed by atoms with van der Waals surface area (Å²) in [5, 5.41) is 14.9. The molecule has 7 fully saturated rings. The molecule has 1 aromatic rings. The Hall–Kier alpha value is -0.251. The Morgan fingerprint density at radius 1 is 0.469 bits per heavy atom. The van der Waals surface area contributed by atoms with Crippen molar-refractivity contribution in [1.82, 2.24) is 0 Å². The van der Waals surface area contributed by atoms with Crippen LogP contribution in [0, 0.1) is 60.7 Å². The van der Waals surface area contributed by atoms with Crippen LogP contribution in [0.25, 0.3) is 16.0 Å². The van der Waals surface area contributed by atoms with E-state index in [2.05, 4.69) is 43.5 Å². The molecule has 5 aliphatic carbocycles. The Morgan fingerprint density at radius 3 is 1.49 bits per heavy atom. The van der Waals surface area contributed by atoms with Gasteiger partial charge in [0.15, 0.2) is 0 Å². The zero-order valence-electron chi connectivity index (χ0n) is 30.9. The van der Waals surface area contributed by atoms with Crippen molar-refractivity contribution in [3.63, 3.8) is 0 Å². The van der Waals surface area contributed by atoms with Crippen LogP contribution in [0.3, 0.4) is 0 Å². The number of piperidine rings is 2. The number of fused-ring (bicyclic) bond motifs is 3. The van der Waals surface area contributed by atoms with E-state index in [-0.39, 0.29) is 20.1 Å². The summed E-state index contributed by atoms with van der Waals surface area (Å²) < 4.78 is 0. The van der Waals surface area contributed by atoms with E-state index in [0.29, 0.717) is 12.0 Å². The van der Waals surface area contributed by atoms with Crippen LogP contribution >= 0.6 is 0 Å². The fourth-order valence-corrected chi connectivity index (χ4v) is 11.7. The molecule has 0 N–H and O–H groups in total. The van der Waals surface area contributed by atoms with Gasteiger partial charge in [0, 0.05) is 20.1 Å². The molecule has 0 amide bonds. The molecule has 49 heavy (non-hydrogen) atoms. The molecule has 3 nitrogen and oxygen atoms in total. The van der Waals surface area contributed by atoms with Gasteiger partial charge in [0.1, 0.15) is 0 Å². The van der Waals surface area contributed by atoms with Crippen LogP contribution in [0.5, 0.6) is 0 Å². The SMILES string of the molecule is [CH-]1CCCCC1C1[N-]CCC2CCCCC21.[CH-]1CCCCC1C1[N-]CCC2CCCCC21.[Ir].c1ccc2c(c1)CC[N-]C2C1[CH-]CCCC1. The zero-order chi connectivity index (χ0) is 32.4. The van der Waals surface area contributed by atoms with Crippen molar-refractivity contribution >= 4 is 0 Å². The maximum absolute atomic E-state index is 5.01. The number of benzene rings is 1. The first-order valence-corrected chi connectivity index (χ1v) is 21.4. The van der Waals surface area contributed by atoms with Gasteiger partial charge in [-0.15, -0.1) is 25.7 Å². The predicted molar refractivity (Wildman–Crippen MR) is 204 cm³/mol. The van der Waals surface area contributed by atoms with Gasteiger partial charge in [0.05, 0.1) is 0 Å². The van der Waals surface area contributed by atoms with Crippen molar-refractivity contribution in [2.75, 3.05) is 19.6 Å². The monoisotopic (exact) mass is 845 g/mol. The Bertz CT molecular complexity index is 1010. The summed E-state index contributed by atoms with van der Waals surface area (Å²) in [6.45, 7) is 3.35. The molecule has 9 rings (SSSR count). The van der Waals surface area contributed by atoms with Crippen LogP contribution < -0.4 is 0 Å². The van der Waals surface area contributed by atoms with E-state index in [1.807, 2.05) is 0 Å². The summed E-state index contributed by atoms with van der Waals surface area (Å²) in [7, 11) is 0. The van der Waals surface area contributed by atoms with E-state index in [1.165, 1.54) is 152 Å². The van der Waals surface area contributed by atoms with Gasteiger partial charge >= 0.3 is 0 Å². The summed E-state index contributed by atoms with van der Waals surface area (Å²) in [5.41, 5.74) is 3.03. The molecule has 4 heteroatoms. The van der Waals surface area contributed by atoms with Gasteiger partial charge in [-0.1, -0.05) is 164 Å². The van der Waals surface area contributed by atoms with E-state index in [9.17, 15) is 0 Å². The van der Waals surface area contributed by atoms with Crippen LogP contribution in [-0.4, -0.2) is 31.7 Å². The molecule has 3 aliphatic heterocycles. The molecule has 5 saturated carbocycles. The summed E-state index contributed by atoms with van der Waals surface area (Å²) in [6.07, 6.45) is 40.2. The molecule has 0 aromatic heterocycles. The summed E-state index contributed by atoms with van der Waals surface area (Å²) in [5.74, 6) is 6.39. The first-order valence-electron chi connectivity index (χ1n) is 21.4. The Morgan fingerprint density at radius 2 is 0.959 bits per heavy atom. The van der Waals surface area contributed by atoms with Crippen molar-refractivity contribution in [3.8, 4) is 0 Å². The van der Waals surface area contributed by atoms with Crippen LogP contribution in [0.2, 0.25) is 0 Å². The minimum absolute atomic E-state index is 0. The molecule has 0 bridgehead atoms. The van der Waals surface area contributed by atoms with Gasteiger partial charge in [-0.3, -0.25) is 0 Å². The van der Waals surface area contributed by atoms with E-state index >= 15 is 0 Å². The minimum atomic E-state index is 0. The third-order valence-corrected chi connectivity index (χ3v) is 14.2. The zero-order valence-corrected chi connectivity index (χ0v) is 33.3. The quantitative estimate of drug-likeness (QED) is 0.272. The third-order valence-electron chi connectivity index (χ3n) is 14.2. The number of rotatable bonds is 3. The molecule has 0 spiro atoms. The Balaban J connectivity index is 0.000000126. The van der Waals surface area contributed by atoms with Crippen LogP contribution in [0.15, 0.2) is 24.3 Å². The second-order valence-electron chi connectivity index (χ2n) is 17.1. The van der Waals surface area contributed by atoms with Gasteiger partial charge in [0.2, 0.25) is 0 Å². The van der Waals surface area contributed by atoms with Crippen LogP contribution in [-0.2, 0) is 26.5 Å². The van der Waals surface area contributed by atoms with E-state index in [4.69, 9.17) is 16.0 Å². The second kappa shape index (κ2) is 20.3. The molecule has 1 aromatic carbocycles. The topological polar surface area (TPSA) is 42.3 Å². The maximum atomic E-state index is 5.01. The largest absolute Gasteiger partial charge is 0.661 e. The molecular weight excluding hydrogens is 775 g/mol. The first kappa shape index (κ1) is 38.5. The average molecular weight is 844 g/mol. The van der Waals surface area contributed by atoms with Gasteiger partial charge in [0.25, 0.3) is 0 Å². The Kier molecular flexibility index (Phi) is 15.9. The molecular formula is C45H69IrN3-6. The smallest absolute Gasteiger partial charge is 0 e. The Labute approximate surface area is 316 Å². The standard InChI is InChI=1S/2C15H25N.C15H19N.Ir/c3*1-2-7-13(8-3-1)15-14-9-5-4-6-12(14)10-11-16-15;/h2*7,12-15H,1-6,8-11H2;4-7,9,13,15H,1-3,8,10-11H2;/q3*-2;. The van der Waals surface area contributed by atoms with Crippen molar-refractivity contribution in [2.45, 2.75) is 166 Å². The third kappa shape index (κ3) is 10.2. The normalized spacial score (nSPS) is 39.1. The molecule has 279 valence electrons. The van der Waals surface area contributed by atoms with Crippen molar-refractivity contribution in [3.05, 3.63) is 70.6 Å². The van der Waals surface area contributed by atoms with Gasteiger partial charge in [-0.05, 0) is 23.8 Å². The molecule has 1 radical (unpaired) electrons. The van der Waals surface area contributed by atoms with E-state index < -0.39 is 0 Å². The maximum Gasteiger partial charge on any atom is 0 e. The molecule has 10 unspecified atom stereocenters. The van der Waals surface area contributed by atoms with E-state index in [1.54, 1.807) is 0 Å². The summed E-state index contributed by atoms with van der Waals surface area (Å²) >= 11 is 0. The van der Waals surface area contributed by atoms with Gasteiger partial charge < -0.3 is 35.2 Å². The average Bonchev–Trinajstić information content (AvgIpc) is 3.19. The number of hydrogen-bond acceptors (Lipinski definition) is 0. The van der Waals surface area contributed by atoms with Crippen molar-refractivity contribution in [2.24, 2.45) is 41.4 Å². The number of nitrogens with zero attached hydrogens (tertiary/aromatic N) is 3. The molecule has 8 aliphatic rings. The molecule has 10 atom stereocenters. The predicted octanol–water partition coefficient (Wildman–Crippen LogP) is 12.7. The van der Waals surface area contributed by atoms with Crippen molar-refractivity contribution < 1.29 is 20.1 Å². The second-order valence-corrected chi connectivity index (χ2v) is 17.1. The summed E-state index contributed by atoms with van der Waals surface area (Å²) in [6, 6.07) is 10.8.